The van der Waals surface area contributed by atoms with Gasteiger partial charge in [-0.15, -0.1) is 0 Å². The molecule has 0 aromatic heterocycles. The van der Waals surface area contributed by atoms with Crippen molar-refractivity contribution >= 4 is 17.8 Å². The molecule has 5 nitrogen and oxygen atoms in total. The Hall–Kier alpha value is -2.04. The van der Waals surface area contributed by atoms with Crippen molar-refractivity contribution in [2.24, 2.45) is 5.10 Å². The van der Waals surface area contributed by atoms with Gasteiger partial charge in [0, 0.05) is 36.8 Å². The van der Waals surface area contributed by atoms with E-state index in [0.29, 0.717) is 12.0 Å². The fourth-order valence-corrected chi connectivity index (χ4v) is 2.19. The van der Waals surface area contributed by atoms with E-state index in [0.717, 1.165) is 38.0 Å². The highest BCUT2D eigenvalue weighted by molar-refractivity contribution is 5.86. The maximum absolute atomic E-state index is 11.5. The second-order valence-electron chi connectivity index (χ2n) is 5.17. The van der Waals surface area contributed by atoms with E-state index in [1.54, 1.807) is 12.1 Å². The Labute approximate surface area is 133 Å². The number of anilines is 1. The molecule has 122 valence electrons. The Bertz CT molecular complexity index is 497. The van der Waals surface area contributed by atoms with Crippen LogP contribution >= 0.6 is 0 Å². The summed E-state index contributed by atoms with van der Waals surface area (Å²) >= 11 is 0. The molecule has 0 aliphatic carbocycles. The number of hydrogen-bond donors (Lipinski definition) is 2. The molecule has 1 aromatic carbocycles. The minimum Gasteiger partial charge on any atom is -0.507 e. The SMILES string of the molecule is CCCCCC(=O)NN=Cc1ccc(N(CC)CC)cc1O. The Morgan fingerprint density at radius 1 is 1.27 bits per heavy atom. The van der Waals surface area contributed by atoms with Crippen LogP contribution in [0.4, 0.5) is 5.69 Å². The van der Waals surface area contributed by atoms with Gasteiger partial charge in [0.1, 0.15) is 5.75 Å². The average molecular weight is 305 g/mol. The summed E-state index contributed by atoms with van der Waals surface area (Å²) in [6.45, 7) is 8.02. The number of rotatable bonds is 9. The molecule has 1 rings (SSSR count). The summed E-state index contributed by atoms with van der Waals surface area (Å²) in [6, 6.07) is 5.46. The number of hydrogen-bond acceptors (Lipinski definition) is 4. The number of phenolic OH excluding ortho intramolecular Hbond substituents is 1. The van der Waals surface area contributed by atoms with Crippen molar-refractivity contribution in [2.45, 2.75) is 46.5 Å². The van der Waals surface area contributed by atoms with Crippen LogP contribution < -0.4 is 10.3 Å². The number of nitrogens with one attached hydrogen (secondary N) is 1. The van der Waals surface area contributed by atoms with Gasteiger partial charge in [0.15, 0.2) is 0 Å². The molecule has 0 unspecified atom stereocenters. The number of nitrogens with zero attached hydrogens (tertiary/aromatic N) is 2. The molecule has 0 saturated carbocycles. The number of carbonyl (C=O) groups excluding carboxylic acids is 1. The monoisotopic (exact) mass is 305 g/mol. The van der Waals surface area contributed by atoms with Crippen LogP contribution in [0.3, 0.4) is 0 Å². The number of carbonyl (C=O) groups is 1. The number of unbranched alkanes of at least 4 members (excludes halogenated alkanes) is 2. The molecule has 0 heterocycles. The molecule has 0 spiro atoms. The van der Waals surface area contributed by atoms with Gasteiger partial charge in [-0.1, -0.05) is 19.8 Å². The number of hydrazone groups is 1. The van der Waals surface area contributed by atoms with E-state index < -0.39 is 0 Å². The minimum absolute atomic E-state index is 0.0936. The van der Waals surface area contributed by atoms with Gasteiger partial charge in [-0.2, -0.15) is 5.10 Å². The molecule has 0 aliphatic heterocycles. The highest BCUT2D eigenvalue weighted by atomic mass is 16.3. The van der Waals surface area contributed by atoms with Gasteiger partial charge in [0.2, 0.25) is 5.91 Å². The summed E-state index contributed by atoms with van der Waals surface area (Å²) in [4.78, 5) is 13.7. The summed E-state index contributed by atoms with van der Waals surface area (Å²) in [5, 5.41) is 13.9. The summed E-state index contributed by atoms with van der Waals surface area (Å²) in [6.07, 6.45) is 4.97. The summed E-state index contributed by atoms with van der Waals surface area (Å²) in [5.74, 6) is 0.0670. The summed E-state index contributed by atoms with van der Waals surface area (Å²) in [5.41, 5.74) is 4.05. The molecule has 2 N–H and O–H groups in total. The fourth-order valence-electron chi connectivity index (χ4n) is 2.19. The van der Waals surface area contributed by atoms with Gasteiger partial charge in [0.05, 0.1) is 6.21 Å². The molecule has 22 heavy (non-hydrogen) atoms. The van der Waals surface area contributed by atoms with E-state index in [4.69, 9.17) is 0 Å². The third-order valence-corrected chi connectivity index (χ3v) is 3.54. The number of benzene rings is 1. The van der Waals surface area contributed by atoms with Crippen LogP contribution in [0.5, 0.6) is 5.75 Å². The lowest BCUT2D eigenvalue weighted by atomic mass is 10.2. The lowest BCUT2D eigenvalue weighted by Gasteiger charge is -2.21. The predicted octanol–water partition coefficient (Wildman–Crippen LogP) is 3.27. The van der Waals surface area contributed by atoms with Crippen molar-refractivity contribution in [2.75, 3.05) is 18.0 Å². The van der Waals surface area contributed by atoms with Crippen molar-refractivity contribution in [3.05, 3.63) is 23.8 Å². The second kappa shape index (κ2) is 9.82. The molecular weight excluding hydrogens is 278 g/mol. The van der Waals surface area contributed by atoms with Gasteiger partial charge in [-0.05, 0) is 32.4 Å². The highest BCUT2D eigenvalue weighted by Crippen LogP contribution is 2.23. The Morgan fingerprint density at radius 2 is 2.00 bits per heavy atom. The van der Waals surface area contributed by atoms with Crippen molar-refractivity contribution in [3.63, 3.8) is 0 Å². The lowest BCUT2D eigenvalue weighted by Crippen LogP contribution is -2.21. The fraction of sp³-hybridized carbons (Fsp3) is 0.529. The predicted molar refractivity (Wildman–Crippen MR) is 91.5 cm³/mol. The Balaban J connectivity index is 2.59. The molecule has 1 amide bonds. The first-order valence-corrected chi connectivity index (χ1v) is 8.02. The Morgan fingerprint density at radius 3 is 2.59 bits per heavy atom. The second-order valence-corrected chi connectivity index (χ2v) is 5.17. The van der Waals surface area contributed by atoms with Crippen molar-refractivity contribution in [1.82, 2.24) is 5.43 Å². The highest BCUT2D eigenvalue weighted by Gasteiger charge is 2.05. The molecule has 1 aromatic rings. The third kappa shape index (κ3) is 5.76. The zero-order valence-electron chi connectivity index (χ0n) is 13.8. The maximum atomic E-state index is 11.5. The normalized spacial score (nSPS) is 10.9. The van der Waals surface area contributed by atoms with Crippen molar-refractivity contribution in [1.29, 1.82) is 0 Å². The van der Waals surface area contributed by atoms with Gasteiger partial charge < -0.3 is 10.0 Å². The average Bonchev–Trinajstić information content (AvgIpc) is 2.51. The smallest absolute Gasteiger partial charge is 0.240 e. The van der Waals surface area contributed by atoms with Crippen LogP contribution in [0.15, 0.2) is 23.3 Å². The molecule has 0 fully saturated rings. The minimum atomic E-state index is -0.0936. The van der Waals surface area contributed by atoms with Gasteiger partial charge in [-0.25, -0.2) is 5.43 Å². The molecular formula is C17H27N3O2. The van der Waals surface area contributed by atoms with Crippen LogP contribution in [0, 0.1) is 0 Å². The first kappa shape index (κ1) is 18.0. The van der Waals surface area contributed by atoms with E-state index in [2.05, 4.69) is 36.2 Å². The molecule has 0 bridgehead atoms. The zero-order chi connectivity index (χ0) is 16.4. The summed E-state index contributed by atoms with van der Waals surface area (Å²) < 4.78 is 0. The Kier molecular flexibility index (Phi) is 8.04. The number of aromatic hydroxyl groups is 1. The standard InChI is InChI=1S/C17H27N3O2/c1-4-7-8-9-17(22)19-18-13-14-10-11-15(12-16(14)21)20(5-2)6-3/h10-13,21H,4-9H2,1-3H3,(H,19,22). The van der Waals surface area contributed by atoms with E-state index >= 15 is 0 Å². The largest absolute Gasteiger partial charge is 0.507 e. The molecule has 0 aliphatic rings. The first-order chi connectivity index (χ1) is 10.6. The quantitative estimate of drug-likeness (QED) is 0.418. The first-order valence-electron chi connectivity index (χ1n) is 8.02. The van der Waals surface area contributed by atoms with Gasteiger partial charge in [0.25, 0.3) is 0 Å². The summed E-state index contributed by atoms with van der Waals surface area (Å²) in [7, 11) is 0. The molecule has 0 radical (unpaired) electrons. The third-order valence-electron chi connectivity index (χ3n) is 3.54. The van der Waals surface area contributed by atoms with Crippen LogP contribution in [0.1, 0.15) is 52.0 Å². The molecule has 0 saturated heterocycles. The number of phenols is 1. The molecule has 0 atom stereocenters. The van der Waals surface area contributed by atoms with Crippen LogP contribution in [0.2, 0.25) is 0 Å². The topological polar surface area (TPSA) is 64.9 Å². The molecule has 5 heteroatoms. The van der Waals surface area contributed by atoms with Crippen LogP contribution in [-0.4, -0.2) is 30.3 Å². The van der Waals surface area contributed by atoms with Crippen LogP contribution in [-0.2, 0) is 4.79 Å². The van der Waals surface area contributed by atoms with Gasteiger partial charge in [-0.3, -0.25) is 4.79 Å². The van der Waals surface area contributed by atoms with E-state index in [-0.39, 0.29) is 11.7 Å². The van der Waals surface area contributed by atoms with E-state index in [1.165, 1.54) is 6.21 Å². The maximum Gasteiger partial charge on any atom is 0.240 e. The van der Waals surface area contributed by atoms with Crippen LogP contribution in [0.25, 0.3) is 0 Å². The van der Waals surface area contributed by atoms with E-state index in [9.17, 15) is 9.90 Å². The van der Waals surface area contributed by atoms with Crippen molar-refractivity contribution < 1.29 is 9.90 Å². The number of amides is 1. The van der Waals surface area contributed by atoms with Gasteiger partial charge >= 0.3 is 0 Å². The van der Waals surface area contributed by atoms with Crippen molar-refractivity contribution in [3.8, 4) is 5.75 Å². The lowest BCUT2D eigenvalue weighted by molar-refractivity contribution is -0.121. The van der Waals surface area contributed by atoms with E-state index in [1.807, 2.05) is 6.07 Å². The zero-order valence-corrected chi connectivity index (χ0v) is 13.8.